The van der Waals surface area contributed by atoms with Crippen LogP contribution in [0.1, 0.15) is 19.2 Å². The van der Waals surface area contributed by atoms with Crippen LogP contribution >= 0.6 is 11.3 Å². The molecule has 2 heterocycles. The zero-order valence-corrected chi connectivity index (χ0v) is 11.3. The summed E-state index contributed by atoms with van der Waals surface area (Å²) in [4.78, 5) is 12.5. The SMILES string of the molecule is CCCN(C)Cc1nc(NC)c2ccsc2n1. The van der Waals surface area contributed by atoms with Crippen LogP contribution in [0.3, 0.4) is 0 Å². The molecule has 2 rings (SSSR count). The highest BCUT2D eigenvalue weighted by molar-refractivity contribution is 7.16. The topological polar surface area (TPSA) is 41.1 Å². The van der Waals surface area contributed by atoms with Gasteiger partial charge in [-0.15, -0.1) is 11.3 Å². The van der Waals surface area contributed by atoms with Crippen molar-refractivity contribution >= 4 is 27.4 Å². The number of nitrogens with zero attached hydrogens (tertiary/aromatic N) is 3. The van der Waals surface area contributed by atoms with E-state index >= 15 is 0 Å². The Bertz CT molecular complexity index is 494. The molecule has 2 aromatic rings. The molecule has 2 aromatic heterocycles. The standard InChI is InChI=1S/C12H18N4S/c1-4-6-16(3)8-10-14-11(13-2)9-5-7-17-12(9)15-10/h5,7H,4,6,8H2,1-3H3,(H,13,14,15). The molecule has 0 spiro atoms. The van der Waals surface area contributed by atoms with Crippen LogP contribution in [0.2, 0.25) is 0 Å². The predicted molar refractivity (Wildman–Crippen MR) is 73.6 cm³/mol. The van der Waals surface area contributed by atoms with Crippen LogP contribution in [0, 0.1) is 0 Å². The van der Waals surface area contributed by atoms with Gasteiger partial charge in [0.05, 0.1) is 11.9 Å². The highest BCUT2D eigenvalue weighted by atomic mass is 32.1. The third kappa shape index (κ3) is 2.73. The van der Waals surface area contributed by atoms with E-state index in [9.17, 15) is 0 Å². The van der Waals surface area contributed by atoms with Gasteiger partial charge in [0.2, 0.25) is 0 Å². The smallest absolute Gasteiger partial charge is 0.146 e. The second-order valence-electron chi connectivity index (χ2n) is 4.12. The molecule has 0 aliphatic carbocycles. The minimum Gasteiger partial charge on any atom is -0.372 e. The fourth-order valence-electron chi connectivity index (χ4n) is 1.86. The van der Waals surface area contributed by atoms with Crippen molar-refractivity contribution in [3.8, 4) is 0 Å². The maximum atomic E-state index is 4.59. The summed E-state index contributed by atoms with van der Waals surface area (Å²) in [5, 5.41) is 6.30. The van der Waals surface area contributed by atoms with Gasteiger partial charge in [-0.05, 0) is 31.5 Å². The van der Waals surface area contributed by atoms with Gasteiger partial charge in [0.25, 0.3) is 0 Å². The predicted octanol–water partition coefficient (Wildman–Crippen LogP) is 2.57. The van der Waals surface area contributed by atoms with E-state index in [0.29, 0.717) is 0 Å². The molecule has 5 heteroatoms. The van der Waals surface area contributed by atoms with Gasteiger partial charge in [0, 0.05) is 7.05 Å². The van der Waals surface area contributed by atoms with Crippen molar-refractivity contribution in [1.82, 2.24) is 14.9 Å². The van der Waals surface area contributed by atoms with Crippen molar-refractivity contribution in [2.45, 2.75) is 19.9 Å². The van der Waals surface area contributed by atoms with Crippen molar-refractivity contribution in [3.63, 3.8) is 0 Å². The summed E-state index contributed by atoms with van der Waals surface area (Å²) >= 11 is 1.66. The highest BCUT2D eigenvalue weighted by Gasteiger charge is 2.09. The molecule has 0 saturated heterocycles. The Balaban J connectivity index is 2.28. The number of thiophene rings is 1. The molecule has 92 valence electrons. The average Bonchev–Trinajstić information content (AvgIpc) is 2.76. The normalized spacial score (nSPS) is 11.3. The number of rotatable bonds is 5. The minimum absolute atomic E-state index is 0.802. The molecule has 0 aliphatic rings. The van der Waals surface area contributed by atoms with E-state index in [2.05, 4.69) is 45.6 Å². The average molecular weight is 250 g/mol. The number of hydrogen-bond acceptors (Lipinski definition) is 5. The van der Waals surface area contributed by atoms with Gasteiger partial charge in [0.1, 0.15) is 16.5 Å². The molecular weight excluding hydrogens is 232 g/mol. The van der Waals surface area contributed by atoms with Crippen LogP contribution in [-0.2, 0) is 6.54 Å². The second-order valence-corrected chi connectivity index (χ2v) is 5.01. The zero-order valence-electron chi connectivity index (χ0n) is 10.5. The summed E-state index contributed by atoms with van der Waals surface area (Å²) in [5.74, 6) is 1.82. The van der Waals surface area contributed by atoms with Crippen LogP contribution in [0.15, 0.2) is 11.4 Å². The highest BCUT2D eigenvalue weighted by Crippen LogP contribution is 2.24. The van der Waals surface area contributed by atoms with Crippen molar-refractivity contribution in [1.29, 1.82) is 0 Å². The number of hydrogen-bond donors (Lipinski definition) is 1. The molecule has 0 amide bonds. The van der Waals surface area contributed by atoms with E-state index in [1.54, 1.807) is 11.3 Å². The lowest BCUT2D eigenvalue weighted by molar-refractivity contribution is 0.319. The van der Waals surface area contributed by atoms with Crippen LogP contribution in [0.25, 0.3) is 10.2 Å². The minimum atomic E-state index is 0.802. The van der Waals surface area contributed by atoms with Crippen molar-refractivity contribution in [3.05, 3.63) is 17.3 Å². The molecule has 0 unspecified atom stereocenters. The Morgan fingerprint density at radius 2 is 2.24 bits per heavy atom. The lowest BCUT2D eigenvalue weighted by Gasteiger charge is -2.14. The summed E-state index contributed by atoms with van der Waals surface area (Å²) in [7, 11) is 4.00. The third-order valence-electron chi connectivity index (χ3n) is 2.62. The molecule has 0 aliphatic heterocycles. The van der Waals surface area contributed by atoms with E-state index < -0.39 is 0 Å². The molecule has 0 bridgehead atoms. The monoisotopic (exact) mass is 250 g/mol. The third-order valence-corrected chi connectivity index (χ3v) is 3.43. The van der Waals surface area contributed by atoms with Gasteiger partial charge in [0.15, 0.2) is 0 Å². The molecule has 0 radical (unpaired) electrons. The molecule has 0 aromatic carbocycles. The zero-order chi connectivity index (χ0) is 12.3. The summed E-state index contributed by atoms with van der Waals surface area (Å²) < 4.78 is 0. The number of anilines is 1. The maximum absolute atomic E-state index is 4.59. The van der Waals surface area contributed by atoms with Gasteiger partial charge in [-0.3, -0.25) is 4.90 Å². The molecule has 0 saturated carbocycles. The lowest BCUT2D eigenvalue weighted by Crippen LogP contribution is -2.20. The van der Waals surface area contributed by atoms with E-state index in [1.165, 1.54) is 0 Å². The molecule has 4 nitrogen and oxygen atoms in total. The van der Waals surface area contributed by atoms with Gasteiger partial charge in [-0.2, -0.15) is 0 Å². The Morgan fingerprint density at radius 3 is 2.94 bits per heavy atom. The lowest BCUT2D eigenvalue weighted by atomic mass is 10.3. The first-order valence-electron chi connectivity index (χ1n) is 5.85. The largest absolute Gasteiger partial charge is 0.372 e. The molecular formula is C12H18N4S. The summed E-state index contributed by atoms with van der Waals surface area (Å²) in [6.45, 7) is 4.05. The molecule has 0 fully saturated rings. The summed E-state index contributed by atoms with van der Waals surface area (Å²) in [6.07, 6.45) is 1.15. The Morgan fingerprint density at radius 1 is 1.41 bits per heavy atom. The van der Waals surface area contributed by atoms with Crippen LogP contribution in [0.5, 0.6) is 0 Å². The summed E-state index contributed by atoms with van der Waals surface area (Å²) in [6, 6.07) is 2.06. The Kier molecular flexibility index (Phi) is 3.91. The maximum Gasteiger partial charge on any atom is 0.146 e. The summed E-state index contributed by atoms with van der Waals surface area (Å²) in [5.41, 5.74) is 0. The van der Waals surface area contributed by atoms with Crippen molar-refractivity contribution < 1.29 is 0 Å². The van der Waals surface area contributed by atoms with Crippen molar-refractivity contribution in [2.75, 3.05) is 26.0 Å². The van der Waals surface area contributed by atoms with Crippen LogP contribution in [0.4, 0.5) is 5.82 Å². The Hall–Kier alpha value is -1.20. The number of nitrogens with one attached hydrogen (secondary N) is 1. The van der Waals surface area contributed by atoms with E-state index in [0.717, 1.165) is 41.4 Å². The molecule has 1 N–H and O–H groups in total. The van der Waals surface area contributed by atoms with E-state index in [1.807, 2.05) is 7.05 Å². The number of fused-ring (bicyclic) bond motifs is 1. The first kappa shape index (κ1) is 12.3. The Labute approximate surface area is 106 Å². The van der Waals surface area contributed by atoms with Gasteiger partial charge in [-0.25, -0.2) is 9.97 Å². The second kappa shape index (κ2) is 5.42. The number of aromatic nitrogens is 2. The van der Waals surface area contributed by atoms with E-state index in [-0.39, 0.29) is 0 Å². The van der Waals surface area contributed by atoms with E-state index in [4.69, 9.17) is 0 Å². The van der Waals surface area contributed by atoms with Crippen LogP contribution in [-0.4, -0.2) is 35.5 Å². The van der Waals surface area contributed by atoms with Gasteiger partial charge >= 0.3 is 0 Å². The molecule has 0 atom stereocenters. The first-order chi connectivity index (χ1) is 8.24. The van der Waals surface area contributed by atoms with Gasteiger partial charge in [-0.1, -0.05) is 6.92 Å². The fourth-order valence-corrected chi connectivity index (χ4v) is 2.65. The van der Waals surface area contributed by atoms with Crippen molar-refractivity contribution in [2.24, 2.45) is 0 Å². The van der Waals surface area contributed by atoms with Crippen LogP contribution < -0.4 is 5.32 Å². The fraction of sp³-hybridized carbons (Fsp3) is 0.500. The van der Waals surface area contributed by atoms with Gasteiger partial charge < -0.3 is 5.32 Å². The first-order valence-corrected chi connectivity index (χ1v) is 6.73. The quantitative estimate of drug-likeness (QED) is 0.885. The molecule has 17 heavy (non-hydrogen) atoms.